The van der Waals surface area contributed by atoms with Gasteiger partial charge in [-0.2, -0.15) is 0 Å². The third-order valence-corrected chi connectivity index (χ3v) is 6.07. The van der Waals surface area contributed by atoms with E-state index in [9.17, 15) is 9.59 Å². The van der Waals surface area contributed by atoms with E-state index in [0.717, 1.165) is 16.7 Å². The van der Waals surface area contributed by atoms with Gasteiger partial charge in [-0.1, -0.05) is 40.2 Å². The van der Waals surface area contributed by atoms with Crippen LogP contribution in [-0.4, -0.2) is 23.5 Å². The fourth-order valence-corrected chi connectivity index (χ4v) is 4.98. The van der Waals surface area contributed by atoms with Crippen LogP contribution in [-0.2, 0) is 21.2 Å². The largest absolute Gasteiger partial charge is 0.344 e. The van der Waals surface area contributed by atoms with Gasteiger partial charge in [0.15, 0.2) is 17.4 Å². The summed E-state index contributed by atoms with van der Waals surface area (Å²) < 4.78 is 12.2. The average Bonchev–Trinajstić information content (AvgIpc) is 3.10. The third-order valence-electron chi connectivity index (χ3n) is 5.47. The summed E-state index contributed by atoms with van der Waals surface area (Å²) in [7, 11) is 0. The van der Waals surface area contributed by atoms with E-state index < -0.39 is 5.79 Å². The number of carbonyl (C=O) groups excluding carboxylic acids is 2. The number of halogens is 1. The smallest absolute Gasteiger partial charge is 0.194 e. The molecule has 1 aliphatic heterocycles. The second-order valence-electron chi connectivity index (χ2n) is 7.49. The van der Waals surface area contributed by atoms with Crippen LogP contribution in [0.5, 0.6) is 0 Å². The molecular weight excluding hydrogens is 396 g/mol. The van der Waals surface area contributed by atoms with E-state index in [-0.39, 0.29) is 23.8 Å². The van der Waals surface area contributed by atoms with Crippen LogP contribution in [0.3, 0.4) is 0 Å². The highest BCUT2D eigenvalue weighted by Gasteiger charge is 2.50. The van der Waals surface area contributed by atoms with Crippen LogP contribution in [0.25, 0.3) is 0 Å². The Morgan fingerprint density at radius 3 is 2.46 bits per heavy atom. The number of rotatable bonds is 1. The molecule has 0 aromatic heterocycles. The molecule has 3 aliphatic rings. The van der Waals surface area contributed by atoms with Crippen molar-refractivity contribution >= 4 is 27.5 Å². The molecule has 132 valence electrons. The Kier molecular flexibility index (Phi) is 3.36. The van der Waals surface area contributed by atoms with Crippen molar-refractivity contribution in [2.45, 2.75) is 43.6 Å². The second kappa shape index (κ2) is 5.35. The number of fused-ring (bicyclic) bond motifs is 6. The van der Waals surface area contributed by atoms with Crippen LogP contribution in [0.2, 0.25) is 0 Å². The molecule has 0 bridgehead atoms. The zero-order valence-corrected chi connectivity index (χ0v) is 16.1. The van der Waals surface area contributed by atoms with Crippen LogP contribution in [0.4, 0.5) is 0 Å². The van der Waals surface area contributed by atoms with Crippen LogP contribution >= 0.6 is 15.9 Å². The lowest BCUT2D eigenvalue weighted by Gasteiger charge is -2.24. The summed E-state index contributed by atoms with van der Waals surface area (Å²) in [5.41, 5.74) is 4.92. The van der Waals surface area contributed by atoms with Crippen LogP contribution in [0, 0.1) is 0 Å². The minimum Gasteiger partial charge on any atom is -0.344 e. The lowest BCUT2D eigenvalue weighted by atomic mass is 9.79. The molecule has 5 rings (SSSR count). The molecule has 2 aliphatic carbocycles. The summed E-state index contributed by atoms with van der Waals surface area (Å²) in [5.74, 6) is -0.801. The molecule has 0 saturated carbocycles. The molecule has 1 heterocycles. The lowest BCUT2D eigenvalue weighted by Crippen LogP contribution is -2.25. The van der Waals surface area contributed by atoms with Gasteiger partial charge in [-0.3, -0.25) is 9.59 Å². The minimum absolute atomic E-state index is 0.0770. The number of benzene rings is 2. The summed E-state index contributed by atoms with van der Waals surface area (Å²) in [6, 6.07) is 8.90. The number of ketones is 2. The Balaban J connectivity index is 1.76. The zero-order valence-electron chi connectivity index (χ0n) is 14.5. The van der Waals surface area contributed by atoms with Gasteiger partial charge >= 0.3 is 0 Å². The molecule has 26 heavy (non-hydrogen) atoms. The number of hydrogen-bond acceptors (Lipinski definition) is 4. The van der Waals surface area contributed by atoms with Gasteiger partial charge in [-0.05, 0) is 36.6 Å². The van der Waals surface area contributed by atoms with Crippen molar-refractivity contribution in [1.82, 2.24) is 0 Å². The molecule has 5 heteroatoms. The van der Waals surface area contributed by atoms with Gasteiger partial charge in [0, 0.05) is 34.0 Å². The van der Waals surface area contributed by atoms with Crippen molar-refractivity contribution in [2.75, 3.05) is 0 Å². The monoisotopic (exact) mass is 412 g/mol. The maximum absolute atomic E-state index is 13.2. The van der Waals surface area contributed by atoms with Gasteiger partial charge in [-0.25, -0.2) is 0 Å². The molecule has 0 amide bonds. The minimum atomic E-state index is -0.640. The number of hydrogen-bond donors (Lipinski definition) is 0. The Hall–Kier alpha value is -1.82. The zero-order chi connectivity index (χ0) is 18.2. The third kappa shape index (κ3) is 2.08. The first-order chi connectivity index (χ1) is 12.4. The fourth-order valence-electron chi connectivity index (χ4n) is 4.52. The van der Waals surface area contributed by atoms with Crippen LogP contribution < -0.4 is 0 Å². The second-order valence-corrected chi connectivity index (χ2v) is 8.05. The summed E-state index contributed by atoms with van der Waals surface area (Å²) in [6.45, 7) is 3.81. The molecule has 4 nitrogen and oxygen atoms in total. The highest BCUT2D eigenvalue weighted by Crippen LogP contribution is 2.50. The maximum Gasteiger partial charge on any atom is 0.194 e. The van der Waals surface area contributed by atoms with E-state index in [4.69, 9.17) is 9.47 Å². The maximum atomic E-state index is 13.2. The highest BCUT2D eigenvalue weighted by atomic mass is 79.9. The van der Waals surface area contributed by atoms with E-state index in [1.807, 2.05) is 19.9 Å². The first-order valence-electron chi connectivity index (χ1n) is 8.70. The molecule has 2 aromatic rings. The number of alkyl halides is 1. The van der Waals surface area contributed by atoms with Crippen molar-refractivity contribution in [3.05, 3.63) is 69.3 Å². The van der Waals surface area contributed by atoms with E-state index in [1.165, 1.54) is 0 Å². The summed E-state index contributed by atoms with van der Waals surface area (Å²) in [4.78, 5) is 26.3. The molecule has 0 N–H and O–H groups in total. The summed E-state index contributed by atoms with van der Waals surface area (Å²) in [5, 5.41) is 0.596. The van der Waals surface area contributed by atoms with Crippen molar-refractivity contribution in [3.63, 3.8) is 0 Å². The van der Waals surface area contributed by atoms with Crippen molar-refractivity contribution in [2.24, 2.45) is 0 Å². The Labute approximate surface area is 159 Å². The Bertz CT molecular complexity index is 992. The van der Waals surface area contributed by atoms with Gasteiger partial charge in [0.1, 0.15) is 6.10 Å². The molecule has 1 fully saturated rings. The van der Waals surface area contributed by atoms with Crippen LogP contribution in [0.1, 0.15) is 68.5 Å². The first kappa shape index (κ1) is 16.4. The van der Waals surface area contributed by atoms with Gasteiger partial charge in [-0.15, -0.1) is 0 Å². The van der Waals surface area contributed by atoms with Crippen molar-refractivity contribution in [1.29, 1.82) is 0 Å². The number of carbonyl (C=O) groups is 2. The average molecular weight is 413 g/mol. The van der Waals surface area contributed by atoms with Gasteiger partial charge < -0.3 is 9.47 Å². The molecule has 0 spiro atoms. The van der Waals surface area contributed by atoms with Crippen LogP contribution in [0.15, 0.2) is 30.3 Å². The van der Waals surface area contributed by atoms with E-state index >= 15 is 0 Å². The Morgan fingerprint density at radius 1 is 1.08 bits per heavy atom. The quantitative estimate of drug-likeness (QED) is 0.564. The number of ether oxygens (including phenoxy) is 2. The molecule has 2 aromatic carbocycles. The highest BCUT2D eigenvalue weighted by molar-refractivity contribution is 9.08. The summed E-state index contributed by atoms with van der Waals surface area (Å²) in [6.07, 6.45) is 0.274. The molecule has 2 atom stereocenters. The van der Waals surface area contributed by atoms with E-state index in [0.29, 0.717) is 34.0 Å². The lowest BCUT2D eigenvalue weighted by molar-refractivity contribution is -0.148. The van der Waals surface area contributed by atoms with Crippen molar-refractivity contribution in [3.8, 4) is 0 Å². The topological polar surface area (TPSA) is 52.6 Å². The standard InChI is InChI=1S/C21H17BrO4/c1-21(2)25-15-8-13-16(20(15)26-21)10(9-22)7-14-17(13)19(24)12-6-4-3-5-11(12)18(14)23/h3-7,15,20H,8-9H2,1-2H3. The SMILES string of the molecule is CC1(C)OC2Cc3c4c(cc(CBr)c3C2O1)C(=O)c1ccccc1C4=O. The van der Waals surface area contributed by atoms with Gasteiger partial charge in [0.05, 0.1) is 6.10 Å². The molecule has 2 unspecified atom stereocenters. The van der Waals surface area contributed by atoms with Gasteiger partial charge in [0.2, 0.25) is 0 Å². The van der Waals surface area contributed by atoms with Crippen molar-refractivity contribution < 1.29 is 19.1 Å². The Morgan fingerprint density at radius 2 is 1.77 bits per heavy atom. The predicted octanol–water partition coefficient (Wildman–Crippen LogP) is 4.11. The summed E-state index contributed by atoms with van der Waals surface area (Å²) >= 11 is 3.54. The molecule has 0 radical (unpaired) electrons. The van der Waals surface area contributed by atoms with E-state index in [1.54, 1.807) is 24.3 Å². The van der Waals surface area contributed by atoms with Gasteiger partial charge in [0.25, 0.3) is 0 Å². The molecule has 1 saturated heterocycles. The van der Waals surface area contributed by atoms with E-state index in [2.05, 4.69) is 15.9 Å². The fraction of sp³-hybridized carbons (Fsp3) is 0.333. The predicted molar refractivity (Wildman–Crippen MR) is 98.9 cm³/mol. The molecular formula is C21H17BrO4. The first-order valence-corrected chi connectivity index (χ1v) is 9.82. The normalized spacial score (nSPS) is 24.9.